The van der Waals surface area contributed by atoms with Gasteiger partial charge in [0.1, 0.15) is 11.5 Å². The molecular formula is C16H17BrClN5O. The second-order valence-corrected chi connectivity index (χ2v) is 6.41. The van der Waals surface area contributed by atoms with Gasteiger partial charge in [-0.05, 0) is 12.5 Å². The third-order valence-electron chi connectivity index (χ3n) is 4.04. The Morgan fingerprint density at radius 1 is 1.29 bits per heavy atom. The fourth-order valence-corrected chi connectivity index (χ4v) is 3.46. The van der Waals surface area contributed by atoms with E-state index in [1.807, 2.05) is 24.3 Å². The van der Waals surface area contributed by atoms with Crippen LogP contribution in [0.15, 0.2) is 33.5 Å². The molecule has 0 fully saturated rings. The number of benzene rings is 1. The maximum absolute atomic E-state index is 12.7. The Bertz CT molecular complexity index is 919. The van der Waals surface area contributed by atoms with Gasteiger partial charge in [0.2, 0.25) is 0 Å². The van der Waals surface area contributed by atoms with E-state index in [4.69, 9.17) is 4.98 Å². The number of halogens is 2. The Balaban J connectivity index is 0.00000169. The molecule has 126 valence electrons. The van der Waals surface area contributed by atoms with Gasteiger partial charge in [0.25, 0.3) is 0 Å². The van der Waals surface area contributed by atoms with Gasteiger partial charge >= 0.3 is 5.69 Å². The zero-order valence-corrected chi connectivity index (χ0v) is 15.5. The lowest BCUT2D eigenvalue weighted by molar-refractivity contribution is 0.589. The highest BCUT2D eigenvalue weighted by molar-refractivity contribution is 9.10. The van der Waals surface area contributed by atoms with Crippen molar-refractivity contribution in [3.8, 4) is 22.9 Å². The number of anilines is 1. The molecule has 0 amide bonds. The molecule has 0 saturated carbocycles. The van der Waals surface area contributed by atoms with E-state index in [2.05, 4.69) is 33.2 Å². The SMILES string of the molecule is CCCn1c2nc(-c3ccccc3Br)nc-2c2n(c1=O)CCN2.Cl. The molecule has 0 unspecified atom stereocenters. The number of imidazole rings is 1. The number of hydrogen-bond donors (Lipinski definition) is 1. The molecule has 0 saturated heterocycles. The van der Waals surface area contributed by atoms with Crippen LogP contribution in [0, 0.1) is 0 Å². The van der Waals surface area contributed by atoms with E-state index in [1.165, 1.54) is 0 Å². The summed E-state index contributed by atoms with van der Waals surface area (Å²) in [6.07, 6.45) is 0.874. The molecule has 1 aromatic rings. The Morgan fingerprint density at radius 2 is 2.08 bits per heavy atom. The molecule has 0 atom stereocenters. The van der Waals surface area contributed by atoms with Crippen molar-refractivity contribution in [2.75, 3.05) is 11.9 Å². The van der Waals surface area contributed by atoms with Gasteiger partial charge in [-0.3, -0.25) is 9.13 Å². The second-order valence-electron chi connectivity index (χ2n) is 5.56. The minimum atomic E-state index is -0.0158. The topological polar surface area (TPSA) is 64.7 Å². The number of nitrogens with zero attached hydrogens (tertiary/aromatic N) is 4. The molecule has 1 N–H and O–H groups in total. The van der Waals surface area contributed by atoms with Crippen molar-refractivity contribution in [3.05, 3.63) is 39.2 Å². The zero-order chi connectivity index (χ0) is 16.0. The van der Waals surface area contributed by atoms with E-state index in [1.54, 1.807) is 9.13 Å². The third kappa shape index (κ3) is 2.52. The average Bonchev–Trinajstić information content (AvgIpc) is 3.18. The van der Waals surface area contributed by atoms with E-state index in [9.17, 15) is 4.79 Å². The van der Waals surface area contributed by atoms with Gasteiger partial charge < -0.3 is 5.32 Å². The fourth-order valence-electron chi connectivity index (χ4n) is 3.00. The van der Waals surface area contributed by atoms with Crippen LogP contribution < -0.4 is 11.0 Å². The van der Waals surface area contributed by atoms with Gasteiger partial charge in [-0.1, -0.05) is 41.1 Å². The van der Waals surface area contributed by atoms with Crippen molar-refractivity contribution in [2.45, 2.75) is 26.4 Å². The molecule has 8 heteroatoms. The van der Waals surface area contributed by atoms with E-state index in [-0.39, 0.29) is 18.1 Å². The summed E-state index contributed by atoms with van der Waals surface area (Å²) in [5.41, 5.74) is 1.68. The van der Waals surface area contributed by atoms with Crippen LogP contribution >= 0.6 is 28.3 Å². The van der Waals surface area contributed by atoms with Crippen LogP contribution in [0.1, 0.15) is 13.3 Å². The molecule has 3 heterocycles. The van der Waals surface area contributed by atoms with Crippen molar-refractivity contribution < 1.29 is 0 Å². The van der Waals surface area contributed by atoms with Crippen LogP contribution in [0.3, 0.4) is 0 Å². The predicted octanol–water partition coefficient (Wildman–Crippen LogP) is 3.23. The van der Waals surface area contributed by atoms with Gasteiger partial charge in [-0.25, -0.2) is 14.8 Å². The zero-order valence-electron chi connectivity index (χ0n) is 13.1. The highest BCUT2D eigenvalue weighted by atomic mass is 79.9. The Morgan fingerprint density at radius 3 is 2.83 bits per heavy atom. The van der Waals surface area contributed by atoms with E-state index in [0.29, 0.717) is 24.7 Å². The maximum atomic E-state index is 12.7. The van der Waals surface area contributed by atoms with Crippen LogP contribution in [0.25, 0.3) is 22.9 Å². The lowest BCUT2D eigenvalue weighted by Gasteiger charge is -2.13. The molecule has 0 aromatic heterocycles. The molecule has 1 aromatic carbocycles. The number of hydrogen-bond acceptors (Lipinski definition) is 4. The van der Waals surface area contributed by atoms with E-state index < -0.39 is 0 Å². The molecule has 4 rings (SSSR count). The molecule has 3 aliphatic rings. The lowest BCUT2D eigenvalue weighted by atomic mass is 10.2. The Kier molecular flexibility index (Phi) is 4.64. The normalized spacial score (nSPS) is 12.8. The van der Waals surface area contributed by atoms with E-state index >= 15 is 0 Å². The molecule has 3 aliphatic heterocycles. The second kappa shape index (κ2) is 6.57. The standard InChI is InChI=1S/C16H16BrN5O.ClH/c1-2-8-21-15-12(14-18-7-9-22(14)16(21)23)19-13(20-15)10-5-3-4-6-11(10)17;/h3-6,18H,2,7-9H2,1H3;1H. The van der Waals surface area contributed by atoms with Crippen LogP contribution in [0.5, 0.6) is 0 Å². The summed E-state index contributed by atoms with van der Waals surface area (Å²) in [5.74, 6) is 2.07. The summed E-state index contributed by atoms with van der Waals surface area (Å²) in [6, 6.07) is 7.85. The van der Waals surface area contributed by atoms with Gasteiger partial charge in [0.05, 0.1) is 0 Å². The highest BCUT2D eigenvalue weighted by Crippen LogP contribution is 2.33. The first-order chi connectivity index (χ1) is 11.2. The van der Waals surface area contributed by atoms with Crippen molar-refractivity contribution in [2.24, 2.45) is 0 Å². The van der Waals surface area contributed by atoms with Crippen molar-refractivity contribution >= 4 is 34.2 Å². The first kappa shape index (κ1) is 17.0. The van der Waals surface area contributed by atoms with Crippen molar-refractivity contribution in [3.63, 3.8) is 0 Å². The van der Waals surface area contributed by atoms with Crippen LogP contribution in [0.4, 0.5) is 5.82 Å². The summed E-state index contributed by atoms with van der Waals surface area (Å²) in [4.78, 5) is 22.1. The molecular weight excluding hydrogens is 394 g/mol. The van der Waals surface area contributed by atoms with Crippen molar-refractivity contribution in [1.29, 1.82) is 0 Å². The monoisotopic (exact) mass is 409 g/mol. The first-order valence-corrected chi connectivity index (χ1v) is 8.50. The van der Waals surface area contributed by atoms with Gasteiger partial charge in [0.15, 0.2) is 11.6 Å². The minimum absolute atomic E-state index is 0. The maximum Gasteiger partial charge on any atom is 0.331 e. The number of nitrogens with one attached hydrogen (secondary N) is 1. The highest BCUT2D eigenvalue weighted by Gasteiger charge is 2.27. The summed E-state index contributed by atoms with van der Waals surface area (Å²) >= 11 is 3.55. The Labute approximate surface area is 153 Å². The lowest BCUT2D eigenvalue weighted by Crippen LogP contribution is -2.31. The minimum Gasteiger partial charge on any atom is -0.368 e. The van der Waals surface area contributed by atoms with E-state index in [0.717, 1.165) is 34.5 Å². The van der Waals surface area contributed by atoms with Crippen LogP contribution in [-0.4, -0.2) is 25.6 Å². The first-order valence-electron chi connectivity index (χ1n) is 7.70. The van der Waals surface area contributed by atoms with Gasteiger partial charge in [-0.15, -0.1) is 12.4 Å². The summed E-state index contributed by atoms with van der Waals surface area (Å²) < 4.78 is 4.44. The molecule has 0 aliphatic carbocycles. The van der Waals surface area contributed by atoms with Gasteiger partial charge in [-0.2, -0.15) is 0 Å². The third-order valence-corrected chi connectivity index (χ3v) is 4.73. The largest absolute Gasteiger partial charge is 0.368 e. The predicted molar refractivity (Wildman–Crippen MR) is 100 cm³/mol. The van der Waals surface area contributed by atoms with Crippen LogP contribution in [0.2, 0.25) is 0 Å². The van der Waals surface area contributed by atoms with Crippen LogP contribution in [-0.2, 0) is 13.1 Å². The average molecular weight is 411 g/mol. The molecule has 0 spiro atoms. The molecule has 0 bridgehead atoms. The summed E-state index contributed by atoms with van der Waals surface area (Å²) in [6.45, 7) is 4.12. The van der Waals surface area contributed by atoms with Gasteiger partial charge in [0, 0.05) is 29.7 Å². The molecule has 0 radical (unpaired) electrons. The number of fused-ring (bicyclic) bond motifs is 3. The Hall–Kier alpha value is -1.86. The quantitative estimate of drug-likeness (QED) is 0.720. The number of aromatic nitrogens is 4. The fraction of sp³-hybridized carbons (Fsp3) is 0.312. The number of rotatable bonds is 3. The summed E-state index contributed by atoms with van der Waals surface area (Å²) in [5, 5.41) is 3.27. The molecule has 6 nitrogen and oxygen atoms in total. The smallest absolute Gasteiger partial charge is 0.331 e. The molecule has 24 heavy (non-hydrogen) atoms. The van der Waals surface area contributed by atoms with Crippen molar-refractivity contribution in [1.82, 2.24) is 19.1 Å². The summed E-state index contributed by atoms with van der Waals surface area (Å²) in [7, 11) is 0.